The van der Waals surface area contributed by atoms with Crippen LogP contribution in [0, 0.1) is 17.8 Å². The maximum absolute atomic E-state index is 12.3. The van der Waals surface area contributed by atoms with Crippen molar-refractivity contribution in [2.75, 3.05) is 13.1 Å². The largest absolute Gasteiger partial charge is 0.315 e. The van der Waals surface area contributed by atoms with Gasteiger partial charge in [0.2, 0.25) is 10.0 Å². The zero-order valence-electron chi connectivity index (χ0n) is 13.1. The van der Waals surface area contributed by atoms with Gasteiger partial charge in [0.1, 0.15) is 0 Å². The van der Waals surface area contributed by atoms with E-state index in [0.29, 0.717) is 12.5 Å². The van der Waals surface area contributed by atoms with Crippen LogP contribution >= 0.6 is 0 Å². The van der Waals surface area contributed by atoms with Crippen molar-refractivity contribution < 1.29 is 8.42 Å². The molecule has 2 rings (SSSR count). The molecule has 0 radical (unpaired) electrons. The molecule has 2 saturated carbocycles. The molecule has 0 aromatic heterocycles. The van der Waals surface area contributed by atoms with E-state index in [0.717, 1.165) is 24.8 Å². The van der Waals surface area contributed by atoms with E-state index in [9.17, 15) is 8.42 Å². The lowest BCUT2D eigenvalue weighted by atomic mass is 9.84. The first-order valence-corrected chi connectivity index (χ1v) is 9.70. The van der Waals surface area contributed by atoms with Crippen molar-refractivity contribution in [3.63, 3.8) is 0 Å². The first-order valence-electron chi connectivity index (χ1n) is 8.16. The summed E-state index contributed by atoms with van der Waals surface area (Å²) in [5, 5.41) is 2.83. The molecule has 5 atom stereocenters. The van der Waals surface area contributed by atoms with E-state index in [4.69, 9.17) is 0 Å². The van der Waals surface area contributed by atoms with Gasteiger partial charge in [0.25, 0.3) is 0 Å². The third-order valence-corrected chi connectivity index (χ3v) is 7.10. The highest BCUT2D eigenvalue weighted by atomic mass is 32.2. The lowest BCUT2D eigenvalue weighted by Gasteiger charge is -2.29. The van der Waals surface area contributed by atoms with Crippen molar-refractivity contribution >= 4 is 10.0 Å². The first kappa shape index (κ1) is 16.2. The molecule has 20 heavy (non-hydrogen) atoms. The van der Waals surface area contributed by atoms with Gasteiger partial charge < -0.3 is 5.32 Å². The van der Waals surface area contributed by atoms with Crippen molar-refractivity contribution in [1.82, 2.24) is 10.0 Å². The summed E-state index contributed by atoms with van der Waals surface area (Å²) in [5.41, 5.74) is 0. The van der Waals surface area contributed by atoms with Crippen LogP contribution in [-0.4, -0.2) is 32.8 Å². The third kappa shape index (κ3) is 3.74. The van der Waals surface area contributed by atoms with Crippen molar-refractivity contribution in [2.45, 2.75) is 64.2 Å². The summed E-state index contributed by atoms with van der Waals surface area (Å²) in [6.45, 7) is 7.34. The molecule has 0 spiro atoms. The fraction of sp³-hybridized carbons (Fsp3) is 1.00. The molecule has 0 aromatic carbocycles. The van der Waals surface area contributed by atoms with Gasteiger partial charge in [0.15, 0.2) is 0 Å². The molecule has 2 aliphatic carbocycles. The summed E-state index contributed by atoms with van der Waals surface area (Å²) in [5.74, 6) is 2.17. The highest BCUT2D eigenvalue weighted by Crippen LogP contribution is 2.49. The standard InChI is InChI=1S/C15H30N2O2S/c1-4-7-16-10-11(2)20(18,19)17-12(3)15-9-13-5-6-14(15)8-13/h11-17H,4-10H2,1-3H3. The Morgan fingerprint density at radius 2 is 1.95 bits per heavy atom. The van der Waals surface area contributed by atoms with Gasteiger partial charge in [-0.05, 0) is 63.8 Å². The maximum atomic E-state index is 12.3. The topological polar surface area (TPSA) is 58.2 Å². The van der Waals surface area contributed by atoms with Crippen molar-refractivity contribution in [2.24, 2.45) is 17.8 Å². The molecular weight excluding hydrogens is 272 g/mol. The van der Waals surface area contributed by atoms with Crippen LogP contribution < -0.4 is 10.0 Å². The summed E-state index contributed by atoms with van der Waals surface area (Å²) in [4.78, 5) is 0. The normalized spacial score (nSPS) is 32.5. The fourth-order valence-electron chi connectivity index (χ4n) is 3.96. The molecule has 2 aliphatic rings. The second kappa shape index (κ2) is 6.75. The minimum absolute atomic E-state index is 0.0870. The molecule has 4 nitrogen and oxygen atoms in total. The van der Waals surface area contributed by atoms with Gasteiger partial charge in [-0.15, -0.1) is 0 Å². The molecule has 5 unspecified atom stereocenters. The van der Waals surface area contributed by atoms with E-state index < -0.39 is 10.0 Å². The van der Waals surface area contributed by atoms with Crippen LogP contribution in [0.1, 0.15) is 52.9 Å². The van der Waals surface area contributed by atoms with E-state index in [-0.39, 0.29) is 11.3 Å². The zero-order chi connectivity index (χ0) is 14.8. The molecular formula is C15H30N2O2S. The van der Waals surface area contributed by atoms with Crippen molar-refractivity contribution in [3.05, 3.63) is 0 Å². The molecule has 0 aromatic rings. The van der Waals surface area contributed by atoms with Crippen molar-refractivity contribution in [1.29, 1.82) is 0 Å². The molecule has 5 heteroatoms. The Hall–Kier alpha value is -0.130. The van der Waals surface area contributed by atoms with Gasteiger partial charge in [0, 0.05) is 12.6 Å². The van der Waals surface area contributed by atoms with E-state index >= 15 is 0 Å². The smallest absolute Gasteiger partial charge is 0.215 e. The average Bonchev–Trinajstić information content (AvgIpc) is 3.00. The van der Waals surface area contributed by atoms with Crippen LogP contribution in [0.3, 0.4) is 0 Å². The summed E-state index contributed by atoms with van der Waals surface area (Å²) >= 11 is 0. The molecule has 118 valence electrons. The summed E-state index contributed by atoms with van der Waals surface area (Å²) in [6.07, 6.45) is 6.23. The number of sulfonamides is 1. The molecule has 0 aliphatic heterocycles. The zero-order valence-corrected chi connectivity index (χ0v) is 13.9. The van der Waals surface area contributed by atoms with Crippen LogP contribution in [0.5, 0.6) is 0 Å². The summed E-state index contributed by atoms with van der Waals surface area (Å²) in [7, 11) is -3.21. The molecule has 0 amide bonds. The van der Waals surface area contributed by atoms with E-state index in [2.05, 4.69) is 23.9 Å². The van der Waals surface area contributed by atoms with Gasteiger partial charge >= 0.3 is 0 Å². The van der Waals surface area contributed by atoms with Gasteiger partial charge in [-0.3, -0.25) is 0 Å². The van der Waals surface area contributed by atoms with E-state index in [1.54, 1.807) is 6.92 Å². The minimum atomic E-state index is -3.21. The molecule has 0 heterocycles. The Labute approximate surface area is 124 Å². The number of hydrogen-bond donors (Lipinski definition) is 2. The van der Waals surface area contributed by atoms with Crippen LogP contribution in [0.4, 0.5) is 0 Å². The average molecular weight is 302 g/mol. The molecule has 2 bridgehead atoms. The predicted molar refractivity (Wildman–Crippen MR) is 83.1 cm³/mol. The second-order valence-electron chi connectivity index (χ2n) is 6.80. The highest BCUT2D eigenvalue weighted by molar-refractivity contribution is 7.90. The lowest BCUT2D eigenvalue weighted by molar-refractivity contribution is 0.280. The number of hydrogen-bond acceptors (Lipinski definition) is 3. The Morgan fingerprint density at radius 3 is 2.50 bits per heavy atom. The lowest BCUT2D eigenvalue weighted by Crippen LogP contribution is -2.46. The maximum Gasteiger partial charge on any atom is 0.215 e. The van der Waals surface area contributed by atoms with Crippen LogP contribution in [0.2, 0.25) is 0 Å². The summed E-state index contributed by atoms with van der Waals surface area (Å²) in [6, 6.07) is 0.0870. The Balaban J connectivity index is 1.84. The van der Waals surface area contributed by atoms with Crippen LogP contribution in [-0.2, 0) is 10.0 Å². The Bertz CT molecular complexity index is 410. The minimum Gasteiger partial charge on any atom is -0.315 e. The highest BCUT2D eigenvalue weighted by Gasteiger charge is 2.42. The summed E-state index contributed by atoms with van der Waals surface area (Å²) < 4.78 is 27.6. The number of rotatable bonds is 8. The molecule has 2 fully saturated rings. The van der Waals surface area contributed by atoms with Gasteiger partial charge in [-0.1, -0.05) is 13.3 Å². The van der Waals surface area contributed by atoms with Crippen LogP contribution in [0.15, 0.2) is 0 Å². The second-order valence-corrected chi connectivity index (χ2v) is 8.94. The fourth-order valence-corrected chi connectivity index (χ4v) is 5.22. The Morgan fingerprint density at radius 1 is 1.20 bits per heavy atom. The SMILES string of the molecule is CCCNCC(C)S(=O)(=O)NC(C)C1CC2CCC1C2. The third-order valence-electron chi connectivity index (χ3n) is 5.17. The van der Waals surface area contributed by atoms with E-state index in [1.165, 1.54) is 25.7 Å². The number of nitrogens with one attached hydrogen (secondary N) is 2. The van der Waals surface area contributed by atoms with Crippen molar-refractivity contribution in [3.8, 4) is 0 Å². The van der Waals surface area contributed by atoms with Gasteiger partial charge in [0.05, 0.1) is 5.25 Å². The quantitative estimate of drug-likeness (QED) is 0.675. The first-order chi connectivity index (χ1) is 9.44. The molecule has 2 N–H and O–H groups in total. The van der Waals surface area contributed by atoms with E-state index in [1.807, 2.05) is 0 Å². The predicted octanol–water partition coefficient (Wildman–Crippen LogP) is 2.12. The monoisotopic (exact) mass is 302 g/mol. The number of fused-ring (bicyclic) bond motifs is 2. The van der Waals surface area contributed by atoms with Crippen LogP contribution in [0.25, 0.3) is 0 Å². The Kier molecular flexibility index (Phi) is 5.49. The van der Waals surface area contributed by atoms with Gasteiger partial charge in [-0.2, -0.15) is 0 Å². The van der Waals surface area contributed by atoms with Gasteiger partial charge in [-0.25, -0.2) is 13.1 Å². The molecule has 0 saturated heterocycles.